The van der Waals surface area contributed by atoms with Crippen LogP contribution >= 0.6 is 0 Å². The molecule has 0 aliphatic carbocycles. The summed E-state index contributed by atoms with van der Waals surface area (Å²) in [6, 6.07) is 10.3. The van der Waals surface area contributed by atoms with Crippen LogP contribution in [0.15, 0.2) is 59.1 Å². The number of benzene rings is 2. The predicted octanol–water partition coefficient (Wildman–Crippen LogP) is 5.99. The number of nitrogens with zero attached hydrogens (tertiary/aromatic N) is 2. The SMILES string of the molecule is CC(C)(F)C(=O)NCc1cnc(CF)c(C(=O)Nc2ccc3oc(-c4cccc(C(F)(F)F)c4)nc3c2)c1. The van der Waals surface area contributed by atoms with Gasteiger partial charge < -0.3 is 15.1 Å². The van der Waals surface area contributed by atoms with Gasteiger partial charge in [-0.2, -0.15) is 13.2 Å². The molecule has 0 saturated heterocycles. The van der Waals surface area contributed by atoms with Crippen molar-refractivity contribution in [2.45, 2.75) is 38.9 Å². The van der Waals surface area contributed by atoms with E-state index < -0.39 is 35.9 Å². The van der Waals surface area contributed by atoms with Crippen LogP contribution in [-0.2, 0) is 24.2 Å². The zero-order chi connectivity index (χ0) is 27.7. The molecule has 0 bridgehead atoms. The van der Waals surface area contributed by atoms with Gasteiger partial charge in [-0.15, -0.1) is 0 Å². The van der Waals surface area contributed by atoms with E-state index in [-0.39, 0.29) is 46.0 Å². The summed E-state index contributed by atoms with van der Waals surface area (Å²) in [5, 5.41) is 4.98. The van der Waals surface area contributed by atoms with Gasteiger partial charge in [0.25, 0.3) is 11.8 Å². The Balaban J connectivity index is 1.55. The maximum atomic E-state index is 13.7. The van der Waals surface area contributed by atoms with Crippen molar-refractivity contribution in [3.05, 3.63) is 77.1 Å². The Bertz CT molecular complexity index is 1510. The molecule has 0 radical (unpaired) electrons. The number of amides is 2. The third-order valence-corrected chi connectivity index (χ3v) is 5.47. The van der Waals surface area contributed by atoms with Gasteiger partial charge in [0.15, 0.2) is 11.3 Å². The monoisotopic (exact) mass is 532 g/mol. The van der Waals surface area contributed by atoms with E-state index in [1.807, 2.05) is 0 Å². The summed E-state index contributed by atoms with van der Waals surface area (Å²) >= 11 is 0. The summed E-state index contributed by atoms with van der Waals surface area (Å²) in [4.78, 5) is 32.8. The molecular weight excluding hydrogens is 511 g/mol. The highest BCUT2D eigenvalue weighted by atomic mass is 19.4. The first-order valence-electron chi connectivity index (χ1n) is 11.3. The fraction of sp³-hybridized carbons (Fsp3) is 0.231. The minimum Gasteiger partial charge on any atom is -0.436 e. The van der Waals surface area contributed by atoms with Gasteiger partial charge in [-0.1, -0.05) is 6.07 Å². The highest BCUT2D eigenvalue weighted by Crippen LogP contribution is 2.33. The summed E-state index contributed by atoms with van der Waals surface area (Å²) in [6.07, 6.45) is -3.26. The standard InChI is InChI=1S/C26H21F5N4O3/c1-25(2,28)24(37)33-13-14-8-18(20(11-27)32-12-14)22(36)34-17-6-7-21-19(10-17)35-23(38-21)15-4-3-5-16(9-15)26(29,30)31/h3-10,12H,11,13H2,1-2H3,(H,33,37)(H,34,36). The van der Waals surface area contributed by atoms with E-state index in [1.165, 1.54) is 42.6 Å². The zero-order valence-corrected chi connectivity index (χ0v) is 20.1. The second-order valence-electron chi connectivity index (χ2n) is 8.86. The van der Waals surface area contributed by atoms with Crippen LogP contribution in [0.2, 0.25) is 0 Å². The van der Waals surface area contributed by atoms with Gasteiger partial charge >= 0.3 is 6.18 Å². The maximum Gasteiger partial charge on any atom is 0.416 e. The van der Waals surface area contributed by atoms with E-state index in [4.69, 9.17) is 4.42 Å². The number of carbonyl (C=O) groups is 2. The molecule has 2 aromatic carbocycles. The Kier molecular flexibility index (Phi) is 7.16. The zero-order valence-electron chi connectivity index (χ0n) is 20.1. The molecule has 12 heteroatoms. The van der Waals surface area contributed by atoms with Crippen LogP contribution in [0.3, 0.4) is 0 Å². The number of pyridine rings is 1. The lowest BCUT2D eigenvalue weighted by Gasteiger charge is -2.15. The summed E-state index contributed by atoms with van der Waals surface area (Å²) in [7, 11) is 0. The quantitative estimate of drug-likeness (QED) is 0.285. The summed E-state index contributed by atoms with van der Waals surface area (Å²) in [5.74, 6) is -1.60. The normalized spacial score (nSPS) is 12.0. The second-order valence-corrected chi connectivity index (χ2v) is 8.86. The molecule has 0 atom stereocenters. The minimum atomic E-state index is -4.53. The lowest BCUT2D eigenvalue weighted by Crippen LogP contribution is -2.38. The van der Waals surface area contributed by atoms with Crippen LogP contribution in [0, 0.1) is 0 Å². The first kappa shape index (κ1) is 26.7. The molecule has 2 N–H and O–H groups in total. The number of aromatic nitrogens is 2. The number of oxazole rings is 1. The van der Waals surface area contributed by atoms with Crippen molar-refractivity contribution >= 4 is 28.6 Å². The Morgan fingerprint density at radius 1 is 1.03 bits per heavy atom. The van der Waals surface area contributed by atoms with Crippen LogP contribution in [-0.4, -0.2) is 27.5 Å². The van der Waals surface area contributed by atoms with E-state index in [1.54, 1.807) is 0 Å². The number of halogens is 5. The number of anilines is 1. The molecule has 0 spiro atoms. The average molecular weight is 532 g/mol. The number of nitrogens with one attached hydrogen (secondary N) is 2. The smallest absolute Gasteiger partial charge is 0.416 e. The largest absolute Gasteiger partial charge is 0.436 e. The molecule has 2 amide bonds. The van der Waals surface area contributed by atoms with Gasteiger partial charge in [0.1, 0.15) is 12.2 Å². The van der Waals surface area contributed by atoms with E-state index in [0.717, 1.165) is 26.0 Å². The second kappa shape index (κ2) is 10.2. The molecule has 7 nitrogen and oxygen atoms in total. The van der Waals surface area contributed by atoms with Gasteiger partial charge in [-0.25, -0.2) is 13.8 Å². The summed E-state index contributed by atoms with van der Waals surface area (Å²) < 4.78 is 72.0. The highest BCUT2D eigenvalue weighted by molar-refractivity contribution is 6.05. The third-order valence-electron chi connectivity index (χ3n) is 5.47. The fourth-order valence-corrected chi connectivity index (χ4v) is 3.48. The minimum absolute atomic E-state index is 0.0373. The molecule has 4 rings (SSSR count). The van der Waals surface area contributed by atoms with Crippen LogP contribution in [0.5, 0.6) is 0 Å². The fourth-order valence-electron chi connectivity index (χ4n) is 3.48. The van der Waals surface area contributed by atoms with Gasteiger partial charge in [-0.05, 0) is 61.9 Å². The van der Waals surface area contributed by atoms with Gasteiger partial charge in [-0.3, -0.25) is 14.6 Å². The molecule has 38 heavy (non-hydrogen) atoms. The molecule has 2 heterocycles. The molecule has 0 fully saturated rings. The van der Waals surface area contributed by atoms with Crippen LogP contribution < -0.4 is 10.6 Å². The van der Waals surface area contributed by atoms with Crippen molar-refractivity contribution in [2.75, 3.05) is 5.32 Å². The van der Waals surface area contributed by atoms with Gasteiger partial charge in [0.05, 0.1) is 16.8 Å². The number of hydrogen-bond donors (Lipinski definition) is 2. The van der Waals surface area contributed by atoms with Crippen molar-refractivity contribution in [1.29, 1.82) is 0 Å². The lowest BCUT2D eigenvalue weighted by molar-refractivity contribution is -0.137. The Morgan fingerprint density at radius 3 is 2.47 bits per heavy atom. The lowest BCUT2D eigenvalue weighted by atomic mass is 10.1. The molecule has 0 saturated carbocycles. The van der Waals surface area contributed by atoms with Crippen molar-refractivity contribution in [1.82, 2.24) is 15.3 Å². The molecular formula is C26H21F5N4O3. The van der Waals surface area contributed by atoms with Crippen molar-refractivity contribution in [3.8, 4) is 11.5 Å². The van der Waals surface area contributed by atoms with Crippen LogP contribution in [0.1, 0.15) is 41.0 Å². The number of rotatable bonds is 7. The Hall–Kier alpha value is -4.35. The maximum absolute atomic E-state index is 13.7. The van der Waals surface area contributed by atoms with Gasteiger partial charge in [0.2, 0.25) is 5.89 Å². The average Bonchev–Trinajstić information content (AvgIpc) is 3.29. The molecule has 198 valence electrons. The Labute approximate surface area is 213 Å². The molecule has 0 aliphatic rings. The number of hydrogen-bond acceptors (Lipinski definition) is 5. The number of fused-ring (bicyclic) bond motifs is 1. The van der Waals surface area contributed by atoms with Gasteiger partial charge in [0, 0.05) is 24.0 Å². The number of alkyl halides is 5. The molecule has 4 aromatic rings. The van der Waals surface area contributed by atoms with Crippen molar-refractivity contribution in [3.63, 3.8) is 0 Å². The first-order valence-corrected chi connectivity index (χ1v) is 11.3. The van der Waals surface area contributed by atoms with Crippen molar-refractivity contribution < 1.29 is 36.0 Å². The van der Waals surface area contributed by atoms with Crippen molar-refractivity contribution in [2.24, 2.45) is 0 Å². The summed E-state index contributed by atoms with van der Waals surface area (Å²) in [5.41, 5.74) is -1.91. The molecule has 0 unspecified atom stereocenters. The first-order chi connectivity index (χ1) is 17.8. The van der Waals surface area contributed by atoms with E-state index in [0.29, 0.717) is 5.56 Å². The Morgan fingerprint density at radius 2 is 1.79 bits per heavy atom. The third kappa shape index (κ3) is 5.96. The van der Waals surface area contributed by atoms with Crippen LogP contribution in [0.25, 0.3) is 22.6 Å². The van der Waals surface area contributed by atoms with E-state index >= 15 is 0 Å². The van der Waals surface area contributed by atoms with E-state index in [9.17, 15) is 31.5 Å². The van der Waals surface area contributed by atoms with E-state index in [2.05, 4.69) is 20.6 Å². The highest BCUT2D eigenvalue weighted by Gasteiger charge is 2.31. The topological polar surface area (TPSA) is 97.1 Å². The summed E-state index contributed by atoms with van der Waals surface area (Å²) in [6.45, 7) is 1.03. The molecule has 0 aliphatic heterocycles. The predicted molar refractivity (Wildman–Crippen MR) is 128 cm³/mol. The molecule has 2 aromatic heterocycles. The van der Waals surface area contributed by atoms with Crippen LogP contribution in [0.4, 0.5) is 27.6 Å². The number of carbonyl (C=O) groups excluding carboxylic acids is 2.